The van der Waals surface area contributed by atoms with Crippen molar-refractivity contribution in [3.8, 4) is 0 Å². The van der Waals surface area contributed by atoms with E-state index in [1.165, 1.54) is 11.8 Å². The summed E-state index contributed by atoms with van der Waals surface area (Å²) in [4.78, 5) is 15.7. The fourth-order valence-electron chi connectivity index (χ4n) is 1.36. The number of nitrogens with one attached hydrogen (secondary N) is 2. The first-order chi connectivity index (χ1) is 8.31. The van der Waals surface area contributed by atoms with Crippen LogP contribution < -0.4 is 5.32 Å². The molecule has 17 heavy (non-hydrogen) atoms. The molecule has 0 aliphatic rings. The minimum absolute atomic E-state index is 0.841. The molecule has 0 fully saturated rings. The Kier molecular flexibility index (Phi) is 3.98. The lowest BCUT2D eigenvalue weighted by molar-refractivity contribution is 0.935. The molecule has 90 valence electrons. The van der Waals surface area contributed by atoms with Crippen LogP contribution in [0.2, 0.25) is 0 Å². The third-order valence-electron chi connectivity index (χ3n) is 2.25. The second-order valence-corrected chi connectivity index (χ2v) is 4.55. The Morgan fingerprint density at radius 3 is 2.94 bits per heavy atom. The smallest absolute Gasteiger partial charge is 0.171 e. The largest absolute Gasteiger partial charge is 0.370 e. The van der Waals surface area contributed by atoms with E-state index in [2.05, 4.69) is 32.2 Å². The molecule has 0 aliphatic carbocycles. The molecule has 0 amide bonds. The van der Waals surface area contributed by atoms with Gasteiger partial charge in [-0.05, 0) is 25.1 Å². The van der Waals surface area contributed by atoms with Gasteiger partial charge in [-0.25, -0.2) is 15.0 Å². The van der Waals surface area contributed by atoms with Gasteiger partial charge in [0.15, 0.2) is 5.16 Å². The van der Waals surface area contributed by atoms with E-state index in [9.17, 15) is 0 Å². The van der Waals surface area contributed by atoms with Gasteiger partial charge in [0, 0.05) is 24.5 Å². The molecule has 0 radical (unpaired) electrons. The Hall–Kier alpha value is -1.56. The van der Waals surface area contributed by atoms with Gasteiger partial charge in [0.2, 0.25) is 0 Å². The van der Waals surface area contributed by atoms with Gasteiger partial charge in [-0.1, -0.05) is 6.92 Å². The molecular weight excluding hydrogens is 234 g/mol. The van der Waals surface area contributed by atoms with Crippen molar-refractivity contribution in [1.82, 2.24) is 19.9 Å². The van der Waals surface area contributed by atoms with E-state index in [1.807, 2.05) is 6.92 Å². The molecule has 0 aromatic carbocycles. The molecule has 2 aromatic heterocycles. The Labute approximate surface area is 104 Å². The summed E-state index contributed by atoms with van der Waals surface area (Å²) in [5, 5.41) is 5.05. The van der Waals surface area contributed by atoms with Crippen LogP contribution in [-0.2, 0) is 0 Å². The van der Waals surface area contributed by atoms with Crippen molar-refractivity contribution >= 4 is 17.6 Å². The second-order valence-electron chi connectivity index (χ2n) is 3.58. The normalized spacial score (nSPS) is 10.5. The highest BCUT2D eigenvalue weighted by molar-refractivity contribution is 7.99. The van der Waals surface area contributed by atoms with E-state index >= 15 is 0 Å². The standard InChI is InChI=1S/C11H15N5S/c1-3-4-12-9-8(2)10(16-7-15-9)17-11-13-5-6-14-11/h5-7H,3-4H2,1-2H3,(H,13,14)(H,12,15,16). The molecule has 0 bridgehead atoms. The van der Waals surface area contributed by atoms with E-state index in [1.54, 1.807) is 18.7 Å². The van der Waals surface area contributed by atoms with Gasteiger partial charge in [0.1, 0.15) is 17.2 Å². The van der Waals surface area contributed by atoms with Crippen LogP contribution in [-0.4, -0.2) is 26.5 Å². The highest BCUT2D eigenvalue weighted by Gasteiger charge is 2.08. The maximum Gasteiger partial charge on any atom is 0.171 e. The van der Waals surface area contributed by atoms with Crippen LogP contribution in [0.5, 0.6) is 0 Å². The fraction of sp³-hybridized carbons (Fsp3) is 0.364. The van der Waals surface area contributed by atoms with Crippen LogP contribution in [0.4, 0.5) is 5.82 Å². The molecule has 2 aromatic rings. The molecular formula is C11H15N5S. The quantitative estimate of drug-likeness (QED) is 0.797. The van der Waals surface area contributed by atoms with Crippen LogP contribution in [0.15, 0.2) is 28.9 Å². The van der Waals surface area contributed by atoms with E-state index in [-0.39, 0.29) is 0 Å². The SMILES string of the molecule is CCCNc1ncnc(Sc2ncc[nH]2)c1C. The van der Waals surface area contributed by atoms with Gasteiger partial charge >= 0.3 is 0 Å². The van der Waals surface area contributed by atoms with Crippen molar-refractivity contribution < 1.29 is 0 Å². The molecule has 6 heteroatoms. The Morgan fingerprint density at radius 1 is 1.35 bits per heavy atom. The van der Waals surface area contributed by atoms with Crippen LogP contribution in [0.25, 0.3) is 0 Å². The number of H-pyrrole nitrogens is 1. The molecule has 0 aliphatic heterocycles. The number of anilines is 1. The Bertz CT molecular complexity index is 469. The third-order valence-corrected chi connectivity index (χ3v) is 3.27. The van der Waals surface area contributed by atoms with E-state index in [0.717, 1.165) is 34.5 Å². The maximum absolute atomic E-state index is 4.27. The molecule has 2 N–H and O–H groups in total. The Balaban J connectivity index is 2.17. The van der Waals surface area contributed by atoms with Crippen molar-refractivity contribution in [2.75, 3.05) is 11.9 Å². The Morgan fingerprint density at radius 2 is 2.24 bits per heavy atom. The van der Waals surface area contributed by atoms with Gasteiger partial charge in [-0.3, -0.25) is 0 Å². The molecule has 5 nitrogen and oxygen atoms in total. The number of aromatic nitrogens is 4. The average Bonchev–Trinajstić information content (AvgIpc) is 2.83. The van der Waals surface area contributed by atoms with Gasteiger partial charge in [-0.2, -0.15) is 0 Å². The monoisotopic (exact) mass is 249 g/mol. The summed E-state index contributed by atoms with van der Waals surface area (Å²) < 4.78 is 0. The number of aromatic amines is 1. The van der Waals surface area contributed by atoms with Crippen molar-refractivity contribution in [3.05, 3.63) is 24.3 Å². The van der Waals surface area contributed by atoms with Crippen molar-refractivity contribution in [1.29, 1.82) is 0 Å². The zero-order chi connectivity index (χ0) is 12.1. The highest BCUT2D eigenvalue weighted by atomic mass is 32.2. The first-order valence-corrected chi connectivity index (χ1v) is 6.35. The molecule has 0 unspecified atom stereocenters. The first-order valence-electron chi connectivity index (χ1n) is 5.54. The van der Waals surface area contributed by atoms with Crippen molar-refractivity contribution in [2.45, 2.75) is 30.5 Å². The van der Waals surface area contributed by atoms with Crippen LogP contribution in [0.1, 0.15) is 18.9 Å². The summed E-state index contributed by atoms with van der Waals surface area (Å²) >= 11 is 1.51. The summed E-state index contributed by atoms with van der Waals surface area (Å²) in [5.41, 5.74) is 1.06. The summed E-state index contributed by atoms with van der Waals surface area (Å²) in [5.74, 6) is 0.899. The third kappa shape index (κ3) is 2.97. The molecule has 0 saturated carbocycles. The summed E-state index contributed by atoms with van der Waals surface area (Å²) in [7, 11) is 0. The van der Waals surface area contributed by atoms with Gasteiger partial charge in [-0.15, -0.1) is 0 Å². The van der Waals surface area contributed by atoms with Gasteiger partial charge in [0.05, 0.1) is 0 Å². The lowest BCUT2D eigenvalue weighted by Crippen LogP contribution is -2.05. The van der Waals surface area contributed by atoms with E-state index < -0.39 is 0 Å². The lowest BCUT2D eigenvalue weighted by atomic mass is 10.3. The molecule has 0 spiro atoms. The van der Waals surface area contributed by atoms with Crippen molar-refractivity contribution in [2.24, 2.45) is 0 Å². The lowest BCUT2D eigenvalue weighted by Gasteiger charge is -2.09. The first kappa shape index (κ1) is 11.9. The van der Waals surface area contributed by atoms with E-state index in [4.69, 9.17) is 0 Å². The predicted molar refractivity (Wildman–Crippen MR) is 68.3 cm³/mol. The number of nitrogens with zero attached hydrogens (tertiary/aromatic N) is 3. The number of hydrogen-bond acceptors (Lipinski definition) is 5. The number of rotatable bonds is 5. The van der Waals surface area contributed by atoms with E-state index in [0.29, 0.717) is 0 Å². The van der Waals surface area contributed by atoms with Gasteiger partial charge in [0.25, 0.3) is 0 Å². The van der Waals surface area contributed by atoms with Crippen LogP contribution >= 0.6 is 11.8 Å². The maximum atomic E-state index is 4.27. The predicted octanol–water partition coefficient (Wildman–Crippen LogP) is 2.48. The second kappa shape index (κ2) is 5.67. The summed E-state index contributed by atoms with van der Waals surface area (Å²) in [6, 6.07) is 0. The van der Waals surface area contributed by atoms with Crippen LogP contribution in [0.3, 0.4) is 0 Å². The molecule has 0 atom stereocenters. The topological polar surface area (TPSA) is 66.5 Å². The number of imidazole rings is 1. The molecule has 2 heterocycles. The average molecular weight is 249 g/mol. The fourth-order valence-corrected chi connectivity index (χ4v) is 2.13. The van der Waals surface area contributed by atoms with Crippen molar-refractivity contribution in [3.63, 3.8) is 0 Å². The number of hydrogen-bond donors (Lipinski definition) is 2. The summed E-state index contributed by atoms with van der Waals surface area (Å²) in [6.07, 6.45) is 6.19. The minimum Gasteiger partial charge on any atom is -0.370 e. The van der Waals surface area contributed by atoms with Gasteiger partial charge < -0.3 is 10.3 Å². The minimum atomic E-state index is 0.841. The van der Waals surface area contributed by atoms with Crippen LogP contribution in [0, 0.1) is 6.92 Å². The highest BCUT2D eigenvalue weighted by Crippen LogP contribution is 2.27. The molecule has 0 saturated heterocycles. The summed E-state index contributed by atoms with van der Waals surface area (Å²) in [6.45, 7) is 5.06. The zero-order valence-corrected chi connectivity index (χ0v) is 10.7. The molecule has 2 rings (SSSR count). The zero-order valence-electron chi connectivity index (χ0n) is 9.90.